The maximum atomic E-state index is 14.8. The smallest absolute Gasteiger partial charge is 0.200 e. The molecule has 0 aliphatic rings. The normalized spacial score (nSPS) is 10.8. The predicted octanol–water partition coefficient (Wildman–Crippen LogP) is 7.01. The van der Waals surface area contributed by atoms with Crippen molar-refractivity contribution in [1.29, 1.82) is 0 Å². The maximum absolute atomic E-state index is 14.8. The third-order valence-electron chi connectivity index (χ3n) is 4.92. The number of pyridine rings is 3. The molecular formula is C27H25ClFN5O2. The van der Waals surface area contributed by atoms with Gasteiger partial charge in [0.15, 0.2) is 17.3 Å². The number of nitrogen functional groups attached to an aromatic ring is 1. The van der Waals surface area contributed by atoms with Gasteiger partial charge in [0.25, 0.3) is 0 Å². The molecule has 0 aliphatic heterocycles. The molecule has 0 fully saturated rings. The van der Waals surface area contributed by atoms with Gasteiger partial charge in [0.05, 0.1) is 10.9 Å². The highest BCUT2D eigenvalue weighted by Gasteiger charge is 2.15. The Morgan fingerprint density at radius 1 is 1.17 bits per heavy atom. The van der Waals surface area contributed by atoms with Crippen LogP contribution in [0.1, 0.15) is 19.4 Å². The average molecular weight is 506 g/mol. The van der Waals surface area contributed by atoms with Crippen LogP contribution < -0.4 is 21.2 Å². The highest BCUT2D eigenvalue weighted by Crippen LogP contribution is 2.34. The summed E-state index contributed by atoms with van der Waals surface area (Å²) >= 11 is 6.07. The lowest BCUT2D eigenvalue weighted by molar-refractivity contribution is 0.442. The molecule has 1 aromatic carbocycles. The first-order valence-corrected chi connectivity index (χ1v) is 11.4. The molecule has 0 atom stereocenters. The van der Waals surface area contributed by atoms with Crippen molar-refractivity contribution < 1.29 is 9.13 Å². The number of rotatable bonds is 7. The van der Waals surface area contributed by atoms with E-state index in [0.29, 0.717) is 27.7 Å². The summed E-state index contributed by atoms with van der Waals surface area (Å²) in [4.78, 5) is 24.5. The van der Waals surface area contributed by atoms with Crippen LogP contribution in [0.15, 0.2) is 85.1 Å². The van der Waals surface area contributed by atoms with E-state index in [1.165, 1.54) is 30.6 Å². The molecule has 0 unspecified atom stereocenters. The quantitative estimate of drug-likeness (QED) is 0.233. The van der Waals surface area contributed by atoms with Gasteiger partial charge in [-0.15, -0.1) is 0 Å². The van der Waals surface area contributed by atoms with E-state index in [1.54, 1.807) is 36.6 Å². The molecule has 3 aromatic heterocycles. The van der Waals surface area contributed by atoms with Crippen molar-refractivity contribution in [3.8, 4) is 11.5 Å². The van der Waals surface area contributed by atoms with Crippen LogP contribution in [0.25, 0.3) is 16.5 Å². The molecule has 4 N–H and O–H groups in total. The van der Waals surface area contributed by atoms with Gasteiger partial charge in [-0.3, -0.25) is 4.79 Å². The minimum Gasteiger partial charge on any atom is -0.453 e. The van der Waals surface area contributed by atoms with Gasteiger partial charge in [0.1, 0.15) is 16.7 Å². The third kappa shape index (κ3) is 5.45. The highest BCUT2D eigenvalue weighted by atomic mass is 35.5. The summed E-state index contributed by atoms with van der Waals surface area (Å²) in [6, 6.07) is 7.39. The molecule has 4 rings (SSSR count). The predicted molar refractivity (Wildman–Crippen MR) is 145 cm³/mol. The highest BCUT2D eigenvalue weighted by molar-refractivity contribution is 6.34. The zero-order valence-electron chi connectivity index (χ0n) is 19.8. The number of allylic oxidation sites excluding steroid dienone is 4. The molecule has 0 radical (unpaired) electrons. The van der Waals surface area contributed by atoms with Crippen molar-refractivity contribution in [3.05, 3.63) is 107 Å². The largest absolute Gasteiger partial charge is 0.453 e. The second-order valence-electron chi connectivity index (χ2n) is 7.06. The van der Waals surface area contributed by atoms with Crippen LogP contribution in [-0.4, -0.2) is 15.0 Å². The van der Waals surface area contributed by atoms with Gasteiger partial charge >= 0.3 is 0 Å². The first kappa shape index (κ1) is 26.2. The van der Waals surface area contributed by atoms with Crippen molar-refractivity contribution >= 4 is 45.4 Å². The Morgan fingerprint density at radius 2 is 1.92 bits per heavy atom. The molecule has 9 heteroatoms. The Labute approximate surface area is 212 Å². The van der Waals surface area contributed by atoms with Gasteiger partial charge in [0, 0.05) is 42.0 Å². The summed E-state index contributed by atoms with van der Waals surface area (Å²) in [5, 5.41) is 3.41. The molecule has 0 aliphatic carbocycles. The number of nitrogens with one attached hydrogen (secondary N) is 2. The molecule has 0 saturated heterocycles. The Hall–Kier alpha value is -4.43. The number of H-pyrrole nitrogens is 1. The van der Waals surface area contributed by atoms with Crippen molar-refractivity contribution in [1.82, 2.24) is 15.0 Å². The SMILES string of the molecule is C=C/C=C(\C=C)c1c[nH]c2ccnc(Nc3ccc(Oc4ccnc(N)c4Cl)c(F)c3)c2c1=O.CC. The van der Waals surface area contributed by atoms with Crippen molar-refractivity contribution in [2.45, 2.75) is 13.8 Å². The molecule has 184 valence electrons. The minimum absolute atomic E-state index is 0.0609. The number of fused-ring (bicyclic) bond motifs is 1. The second kappa shape index (κ2) is 11.8. The van der Waals surface area contributed by atoms with Gasteiger partial charge in [-0.05, 0) is 23.8 Å². The van der Waals surface area contributed by atoms with Gasteiger partial charge in [-0.25, -0.2) is 14.4 Å². The monoisotopic (exact) mass is 505 g/mol. The van der Waals surface area contributed by atoms with E-state index in [-0.39, 0.29) is 33.6 Å². The number of ether oxygens (including phenoxy) is 1. The first-order chi connectivity index (χ1) is 17.4. The molecule has 7 nitrogen and oxygen atoms in total. The van der Waals surface area contributed by atoms with Crippen LogP contribution in [0.4, 0.5) is 21.7 Å². The van der Waals surface area contributed by atoms with Gasteiger partial charge in [-0.1, -0.05) is 56.8 Å². The number of halogens is 2. The summed E-state index contributed by atoms with van der Waals surface area (Å²) in [6.45, 7) is 11.4. The summed E-state index contributed by atoms with van der Waals surface area (Å²) < 4.78 is 20.3. The van der Waals surface area contributed by atoms with Crippen LogP contribution in [0.3, 0.4) is 0 Å². The van der Waals surface area contributed by atoms with E-state index in [1.807, 2.05) is 13.8 Å². The fourth-order valence-corrected chi connectivity index (χ4v) is 3.45. The van der Waals surface area contributed by atoms with Crippen molar-refractivity contribution in [3.63, 3.8) is 0 Å². The van der Waals surface area contributed by atoms with Gasteiger partial charge in [-0.2, -0.15) is 0 Å². The zero-order chi connectivity index (χ0) is 26.2. The van der Waals surface area contributed by atoms with E-state index in [2.05, 4.69) is 33.4 Å². The molecular weight excluding hydrogens is 481 g/mol. The lowest BCUT2D eigenvalue weighted by Crippen LogP contribution is -2.12. The number of nitrogens with two attached hydrogens (primary N) is 1. The molecule has 3 heterocycles. The van der Waals surface area contributed by atoms with Crippen LogP contribution in [0, 0.1) is 5.82 Å². The van der Waals surface area contributed by atoms with E-state index in [9.17, 15) is 9.18 Å². The Morgan fingerprint density at radius 3 is 2.61 bits per heavy atom. The summed E-state index contributed by atoms with van der Waals surface area (Å²) in [5.41, 5.74) is 7.34. The summed E-state index contributed by atoms with van der Waals surface area (Å²) in [7, 11) is 0. The molecule has 0 bridgehead atoms. The Bertz CT molecular complexity index is 1510. The number of aromatic nitrogens is 3. The number of aromatic amines is 1. The molecule has 0 spiro atoms. The van der Waals surface area contributed by atoms with Crippen molar-refractivity contribution in [2.24, 2.45) is 0 Å². The number of hydrogen-bond acceptors (Lipinski definition) is 6. The fraction of sp³-hybridized carbons (Fsp3) is 0.0741. The van der Waals surface area contributed by atoms with E-state index in [0.717, 1.165) is 0 Å². The van der Waals surface area contributed by atoms with E-state index in [4.69, 9.17) is 22.1 Å². The van der Waals surface area contributed by atoms with Gasteiger partial charge in [0.2, 0.25) is 5.43 Å². The van der Waals surface area contributed by atoms with Crippen LogP contribution in [-0.2, 0) is 0 Å². The molecule has 4 aromatic rings. The first-order valence-electron chi connectivity index (χ1n) is 11.0. The number of anilines is 3. The van der Waals surface area contributed by atoms with E-state index < -0.39 is 5.82 Å². The number of nitrogens with zero attached hydrogens (tertiary/aromatic N) is 2. The Balaban J connectivity index is 0.00000176. The molecule has 0 amide bonds. The van der Waals surface area contributed by atoms with Crippen LogP contribution in [0.5, 0.6) is 11.5 Å². The topological polar surface area (TPSA) is 106 Å². The van der Waals surface area contributed by atoms with Crippen LogP contribution >= 0.6 is 11.6 Å². The summed E-state index contributed by atoms with van der Waals surface area (Å²) in [6.07, 6.45) is 9.38. The van der Waals surface area contributed by atoms with Crippen LogP contribution in [0.2, 0.25) is 5.02 Å². The van der Waals surface area contributed by atoms with E-state index >= 15 is 0 Å². The Kier molecular flexibility index (Phi) is 8.59. The lowest BCUT2D eigenvalue weighted by atomic mass is 10.0. The van der Waals surface area contributed by atoms with Gasteiger partial charge < -0.3 is 20.8 Å². The van der Waals surface area contributed by atoms with Crippen molar-refractivity contribution in [2.75, 3.05) is 11.1 Å². The maximum Gasteiger partial charge on any atom is 0.200 e. The number of benzene rings is 1. The second-order valence-corrected chi connectivity index (χ2v) is 7.43. The summed E-state index contributed by atoms with van der Waals surface area (Å²) in [5.74, 6) is -0.203. The lowest BCUT2D eigenvalue weighted by Gasteiger charge is -2.12. The number of hydrogen-bond donors (Lipinski definition) is 3. The zero-order valence-corrected chi connectivity index (χ0v) is 20.6. The third-order valence-corrected chi connectivity index (χ3v) is 5.30. The molecule has 36 heavy (non-hydrogen) atoms. The fourth-order valence-electron chi connectivity index (χ4n) is 3.30. The minimum atomic E-state index is -0.658. The molecule has 0 saturated carbocycles. The standard InChI is InChI=1S/C25H19ClFN5O2.C2H6/c1-3-5-14(4-2)16-13-31-18-8-10-30-25(21(18)23(16)33)32-15-6-7-19(17(27)12-15)34-20-9-11-29-24(28)22(20)26;1-2/h3-13H,1-2H2,(H2,28,29)(H,30,32)(H,31,33);1-2H3/b14-5+;. The average Bonchev–Trinajstić information content (AvgIpc) is 2.88.